The molecule has 0 aliphatic heterocycles. The number of hydrogen-bond acceptors (Lipinski definition) is 4. The molecular weight excluding hydrogens is 295 g/mol. The highest BCUT2D eigenvalue weighted by molar-refractivity contribution is 7.20. The van der Waals surface area contributed by atoms with Crippen LogP contribution in [0.4, 0.5) is 0 Å². The zero-order valence-corrected chi connectivity index (χ0v) is 12.1. The number of carbonyl (C=O) groups excluding carboxylic acids is 1. The van der Waals surface area contributed by atoms with Gasteiger partial charge in [0.05, 0.1) is 16.4 Å². The van der Waals surface area contributed by atoms with E-state index in [1.54, 1.807) is 26.1 Å². The summed E-state index contributed by atoms with van der Waals surface area (Å²) >= 11 is 12.9. The fourth-order valence-electron chi connectivity index (χ4n) is 1.50. The van der Waals surface area contributed by atoms with Crippen molar-refractivity contribution in [3.63, 3.8) is 0 Å². The first-order valence-corrected chi connectivity index (χ1v) is 6.67. The number of thiophene rings is 1. The molecule has 4 nitrogen and oxygen atoms in total. The Hall–Kier alpha value is -1.04. The second kappa shape index (κ2) is 5.30. The molecule has 0 aromatic carbocycles. The summed E-state index contributed by atoms with van der Waals surface area (Å²) in [4.78, 5) is 13.6. The van der Waals surface area contributed by atoms with E-state index in [4.69, 9.17) is 27.7 Å². The number of rotatable bonds is 3. The van der Waals surface area contributed by atoms with Crippen LogP contribution in [0.25, 0.3) is 0 Å². The molecule has 0 N–H and O–H groups in total. The highest BCUT2D eigenvalue weighted by Gasteiger charge is 2.19. The lowest BCUT2D eigenvalue weighted by atomic mass is 10.3. The van der Waals surface area contributed by atoms with E-state index >= 15 is 0 Å². The molecule has 0 saturated heterocycles. The number of amides is 1. The predicted molar refractivity (Wildman–Crippen MR) is 71.4 cm³/mol. The molecule has 0 saturated carbocycles. The summed E-state index contributed by atoms with van der Waals surface area (Å²) in [5.41, 5.74) is 1.11. The van der Waals surface area contributed by atoms with Crippen LogP contribution in [0.1, 0.15) is 21.8 Å². The van der Waals surface area contributed by atoms with Gasteiger partial charge in [-0.15, -0.1) is 11.3 Å². The maximum absolute atomic E-state index is 12.1. The molecule has 2 heterocycles. The molecule has 7 heteroatoms. The van der Waals surface area contributed by atoms with Crippen molar-refractivity contribution < 1.29 is 9.32 Å². The molecule has 96 valence electrons. The molecule has 0 spiro atoms. The van der Waals surface area contributed by atoms with Gasteiger partial charge >= 0.3 is 0 Å². The van der Waals surface area contributed by atoms with Gasteiger partial charge in [0, 0.05) is 13.1 Å². The Morgan fingerprint density at radius 1 is 1.50 bits per heavy atom. The fourth-order valence-corrected chi connectivity index (χ4v) is 2.95. The lowest BCUT2D eigenvalue weighted by Gasteiger charge is -2.14. The monoisotopic (exact) mass is 304 g/mol. The van der Waals surface area contributed by atoms with Crippen LogP contribution in [-0.2, 0) is 6.54 Å². The van der Waals surface area contributed by atoms with Crippen molar-refractivity contribution in [1.29, 1.82) is 0 Å². The lowest BCUT2D eigenvalue weighted by molar-refractivity contribution is 0.0783. The maximum atomic E-state index is 12.1. The Morgan fingerprint density at radius 3 is 2.72 bits per heavy atom. The largest absolute Gasteiger partial charge is 0.361 e. The average Bonchev–Trinajstić information content (AvgIpc) is 2.84. The van der Waals surface area contributed by atoms with Crippen molar-refractivity contribution in [2.45, 2.75) is 13.5 Å². The first kappa shape index (κ1) is 13.4. The Bertz CT molecular complexity index is 579. The van der Waals surface area contributed by atoms with Gasteiger partial charge in [-0.2, -0.15) is 0 Å². The van der Waals surface area contributed by atoms with Crippen molar-refractivity contribution in [3.05, 3.63) is 37.8 Å². The molecule has 2 rings (SSSR count). The van der Waals surface area contributed by atoms with E-state index in [0.717, 1.165) is 0 Å². The summed E-state index contributed by atoms with van der Waals surface area (Å²) in [6.45, 7) is 2.16. The normalized spacial score (nSPS) is 10.7. The minimum Gasteiger partial charge on any atom is -0.361 e. The average molecular weight is 305 g/mol. The van der Waals surface area contributed by atoms with Crippen LogP contribution in [0.3, 0.4) is 0 Å². The fraction of sp³-hybridized carbons (Fsp3) is 0.273. The zero-order valence-electron chi connectivity index (χ0n) is 9.74. The Morgan fingerprint density at radius 2 is 2.22 bits per heavy atom. The van der Waals surface area contributed by atoms with Crippen molar-refractivity contribution in [1.82, 2.24) is 10.1 Å². The van der Waals surface area contributed by atoms with Crippen molar-refractivity contribution in [3.8, 4) is 0 Å². The van der Waals surface area contributed by atoms with Crippen LogP contribution in [0.15, 0.2) is 16.7 Å². The molecule has 0 radical (unpaired) electrons. The van der Waals surface area contributed by atoms with Gasteiger partial charge in [0.25, 0.3) is 5.91 Å². The highest BCUT2D eigenvalue weighted by atomic mass is 35.5. The van der Waals surface area contributed by atoms with Gasteiger partial charge in [-0.05, 0) is 13.0 Å². The molecule has 0 atom stereocenters. The van der Waals surface area contributed by atoms with Gasteiger partial charge in [-0.3, -0.25) is 4.79 Å². The maximum Gasteiger partial charge on any atom is 0.256 e. The number of aryl methyl sites for hydroxylation is 1. The number of halogens is 2. The third kappa shape index (κ3) is 2.85. The topological polar surface area (TPSA) is 46.3 Å². The van der Waals surface area contributed by atoms with E-state index in [1.165, 1.54) is 16.2 Å². The van der Waals surface area contributed by atoms with E-state index in [-0.39, 0.29) is 5.91 Å². The van der Waals surface area contributed by atoms with Crippen LogP contribution >= 0.6 is 34.5 Å². The summed E-state index contributed by atoms with van der Waals surface area (Å²) in [7, 11) is 1.67. The number of aromatic nitrogens is 1. The van der Waals surface area contributed by atoms with E-state index in [0.29, 0.717) is 32.2 Å². The van der Waals surface area contributed by atoms with Crippen LogP contribution < -0.4 is 0 Å². The highest BCUT2D eigenvalue weighted by Crippen LogP contribution is 2.31. The summed E-state index contributed by atoms with van der Waals surface area (Å²) in [5, 5.41) is 3.83. The van der Waals surface area contributed by atoms with Gasteiger partial charge in [-0.1, -0.05) is 28.4 Å². The Labute approximate surface area is 118 Å². The third-order valence-electron chi connectivity index (χ3n) is 2.31. The molecule has 0 fully saturated rings. The van der Waals surface area contributed by atoms with Gasteiger partial charge in [-0.25, -0.2) is 0 Å². The second-order valence-electron chi connectivity index (χ2n) is 3.83. The molecule has 2 aromatic rings. The third-order valence-corrected chi connectivity index (χ3v) is 3.80. The molecule has 1 amide bonds. The quantitative estimate of drug-likeness (QED) is 0.870. The summed E-state index contributed by atoms with van der Waals surface area (Å²) < 4.78 is 5.84. The van der Waals surface area contributed by atoms with Crippen LogP contribution in [0.2, 0.25) is 8.67 Å². The molecule has 0 bridgehead atoms. The SMILES string of the molecule is Cc1cc(CN(C)C(=O)c2cc(Cl)sc2Cl)no1. The number of hydrogen-bond donors (Lipinski definition) is 0. The summed E-state index contributed by atoms with van der Waals surface area (Å²) in [6.07, 6.45) is 0. The molecule has 0 aliphatic rings. The van der Waals surface area contributed by atoms with E-state index in [2.05, 4.69) is 5.16 Å². The standard InChI is InChI=1S/C11H10Cl2N2O2S/c1-6-3-7(14-17-6)5-15(2)11(16)8-4-9(12)18-10(8)13/h3-4H,5H2,1-2H3. The Kier molecular flexibility index (Phi) is 3.94. The van der Waals surface area contributed by atoms with Gasteiger partial charge < -0.3 is 9.42 Å². The van der Waals surface area contributed by atoms with Gasteiger partial charge in [0.15, 0.2) is 0 Å². The lowest BCUT2D eigenvalue weighted by Crippen LogP contribution is -2.26. The minimum absolute atomic E-state index is 0.191. The molecular formula is C11H10Cl2N2O2S. The van der Waals surface area contributed by atoms with Crippen LogP contribution in [0.5, 0.6) is 0 Å². The van der Waals surface area contributed by atoms with Gasteiger partial charge in [0.2, 0.25) is 0 Å². The van der Waals surface area contributed by atoms with Crippen LogP contribution in [0, 0.1) is 6.92 Å². The second-order valence-corrected chi connectivity index (χ2v) is 6.11. The summed E-state index contributed by atoms with van der Waals surface area (Å²) in [6, 6.07) is 3.35. The van der Waals surface area contributed by atoms with E-state index in [1.807, 2.05) is 0 Å². The van der Waals surface area contributed by atoms with Crippen molar-refractivity contribution in [2.75, 3.05) is 7.05 Å². The van der Waals surface area contributed by atoms with Gasteiger partial charge in [0.1, 0.15) is 15.8 Å². The molecule has 2 aromatic heterocycles. The smallest absolute Gasteiger partial charge is 0.256 e. The van der Waals surface area contributed by atoms with Crippen molar-refractivity contribution >= 4 is 40.4 Å². The van der Waals surface area contributed by atoms with E-state index < -0.39 is 0 Å². The zero-order chi connectivity index (χ0) is 13.3. The molecule has 0 unspecified atom stereocenters. The number of nitrogens with zero attached hydrogens (tertiary/aromatic N) is 2. The van der Waals surface area contributed by atoms with Crippen LogP contribution in [-0.4, -0.2) is 23.0 Å². The molecule has 18 heavy (non-hydrogen) atoms. The summed E-state index contributed by atoms with van der Waals surface area (Å²) in [5.74, 6) is 0.520. The first-order valence-electron chi connectivity index (χ1n) is 5.10. The molecule has 0 aliphatic carbocycles. The minimum atomic E-state index is -0.191. The first-order chi connectivity index (χ1) is 8.47. The Balaban J connectivity index is 2.11. The van der Waals surface area contributed by atoms with Crippen molar-refractivity contribution in [2.24, 2.45) is 0 Å². The predicted octanol–water partition coefficient (Wildman–Crippen LogP) is 3.62. The number of carbonyl (C=O) groups is 1. The van der Waals surface area contributed by atoms with E-state index in [9.17, 15) is 4.79 Å².